The first kappa shape index (κ1) is 13.0. The standard InChI is InChI=1S/C15H22N2O/c1-10-14(15(2,3)9-16-4)12-7-6-11(18-5)8-13(12)17-10/h6-8,16-17H,9H2,1-5H3. The van der Waals surface area contributed by atoms with Gasteiger partial charge in [-0.25, -0.2) is 0 Å². The lowest BCUT2D eigenvalue weighted by Gasteiger charge is -2.25. The maximum Gasteiger partial charge on any atom is 0.120 e. The number of aromatic nitrogens is 1. The molecule has 0 spiro atoms. The van der Waals surface area contributed by atoms with Gasteiger partial charge < -0.3 is 15.0 Å². The summed E-state index contributed by atoms with van der Waals surface area (Å²) in [5.74, 6) is 0.890. The summed E-state index contributed by atoms with van der Waals surface area (Å²) in [7, 11) is 3.69. The molecule has 0 atom stereocenters. The van der Waals surface area contributed by atoms with Gasteiger partial charge in [0.2, 0.25) is 0 Å². The number of hydrogen-bond acceptors (Lipinski definition) is 2. The average Bonchev–Trinajstić information content (AvgIpc) is 2.64. The van der Waals surface area contributed by atoms with Crippen LogP contribution in [0.2, 0.25) is 0 Å². The van der Waals surface area contributed by atoms with E-state index in [-0.39, 0.29) is 5.41 Å². The lowest BCUT2D eigenvalue weighted by atomic mass is 9.82. The van der Waals surface area contributed by atoms with Crippen molar-refractivity contribution in [2.75, 3.05) is 20.7 Å². The molecule has 98 valence electrons. The fraction of sp³-hybridized carbons (Fsp3) is 0.467. The Morgan fingerprint density at radius 2 is 2.06 bits per heavy atom. The predicted molar refractivity (Wildman–Crippen MR) is 76.5 cm³/mol. The molecule has 0 unspecified atom stereocenters. The molecule has 1 aromatic heterocycles. The zero-order chi connectivity index (χ0) is 13.3. The van der Waals surface area contributed by atoms with Crippen LogP contribution >= 0.6 is 0 Å². The molecule has 3 heteroatoms. The molecule has 0 saturated heterocycles. The van der Waals surface area contributed by atoms with E-state index in [1.807, 2.05) is 13.1 Å². The normalized spacial score (nSPS) is 12.1. The number of H-pyrrole nitrogens is 1. The van der Waals surface area contributed by atoms with Crippen LogP contribution in [0.3, 0.4) is 0 Å². The van der Waals surface area contributed by atoms with Gasteiger partial charge in [-0.2, -0.15) is 0 Å². The predicted octanol–water partition coefficient (Wildman–Crippen LogP) is 2.98. The number of hydrogen-bond donors (Lipinski definition) is 2. The van der Waals surface area contributed by atoms with Gasteiger partial charge in [-0.05, 0) is 31.7 Å². The van der Waals surface area contributed by atoms with E-state index in [1.165, 1.54) is 16.6 Å². The van der Waals surface area contributed by atoms with Crippen LogP contribution in [0.4, 0.5) is 0 Å². The van der Waals surface area contributed by atoms with E-state index in [4.69, 9.17) is 4.74 Å². The van der Waals surface area contributed by atoms with Crippen molar-refractivity contribution in [1.82, 2.24) is 10.3 Å². The van der Waals surface area contributed by atoms with E-state index < -0.39 is 0 Å². The maximum atomic E-state index is 5.27. The molecule has 0 aliphatic heterocycles. The molecule has 0 fully saturated rings. The Kier molecular flexibility index (Phi) is 3.35. The van der Waals surface area contributed by atoms with Gasteiger partial charge in [0.1, 0.15) is 5.75 Å². The highest BCUT2D eigenvalue weighted by Crippen LogP contribution is 2.34. The van der Waals surface area contributed by atoms with E-state index >= 15 is 0 Å². The summed E-state index contributed by atoms with van der Waals surface area (Å²) in [6.07, 6.45) is 0. The number of ether oxygens (including phenoxy) is 1. The first-order valence-corrected chi connectivity index (χ1v) is 6.31. The highest BCUT2D eigenvalue weighted by molar-refractivity contribution is 5.87. The molecule has 3 nitrogen and oxygen atoms in total. The van der Waals surface area contributed by atoms with Gasteiger partial charge in [0, 0.05) is 34.6 Å². The van der Waals surface area contributed by atoms with E-state index in [0.29, 0.717) is 0 Å². The molecule has 18 heavy (non-hydrogen) atoms. The van der Waals surface area contributed by atoms with Crippen molar-refractivity contribution < 1.29 is 4.74 Å². The number of likely N-dealkylation sites (N-methyl/N-ethyl adjacent to an activating group) is 1. The number of aryl methyl sites for hydroxylation is 1. The van der Waals surface area contributed by atoms with Crippen LogP contribution in [0.5, 0.6) is 5.75 Å². The van der Waals surface area contributed by atoms with Gasteiger partial charge in [0.15, 0.2) is 0 Å². The van der Waals surface area contributed by atoms with Crippen LogP contribution in [-0.4, -0.2) is 25.7 Å². The minimum Gasteiger partial charge on any atom is -0.497 e. The Morgan fingerprint density at radius 1 is 1.33 bits per heavy atom. The van der Waals surface area contributed by atoms with Crippen LogP contribution in [-0.2, 0) is 5.41 Å². The largest absolute Gasteiger partial charge is 0.497 e. The van der Waals surface area contributed by atoms with Gasteiger partial charge in [0.05, 0.1) is 7.11 Å². The summed E-state index contributed by atoms with van der Waals surface area (Å²) in [5.41, 5.74) is 3.87. The van der Waals surface area contributed by atoms with Crippen molar-refractivity contribution in [1.29, 1.82) is 0 Å². The summed E-state index contributed by atoms with van der Waals surface area (Å²) < 4.78 is 5.27. The van der Waals surface area contributed by atoms with Gasteiger partial charge in [0.25, 0.3) is 0 Å². The van der Waals surface area contributed by atoms with Gasteiger partial charge in [-0.3, -0.25) is 0 Å². The number of nitrogens with one attached hydrogen (secondary N) is 2. The zero-order valence-corrected chi connectivity index (χ0v) is 11.8. The first-order valence-electron chi connectivity index (χ1n) is 6.31. The molecule has 0 aliphatic rings. The average molecular weight is 246 g/mol. The Hall–Kier alpha value is -1.48. The van der Waals surface area contributed by atoms with Crippen molar-refractivity contribution >= 4 is 10.9 Å². The summed E-state index contributed by atoms with van der Waals surface area (Å²) in [6, 6.07) is 6.22. The van der Waals surface area contributed by atoms with Crippen molar-refractivity contribution in [3.63, 3.8) is 0 Å². The minimum atomic E-state index is 0.103. The quantitative estimate of drug-likeness (QED) is 0.870. The molecular weight excluding hydrogens is 224 g/mol. The second-order valence-electron chi connectivity index (χ2n) is 5.45. The summed E-state index contributed by atoms with van der Waals surface area (Å²) in [6.45, 7) is 7.62. The Bertz CT molecular complexity index is 555. The summed E-state index contributed by atoms with van der Waals surface area (Å²) in [5, 5.41) is 4.56. The van der Waals surface area contributed by atoms with Crippen molar-refractivity contribution in [2.45, 2.75) is 26.2 Å². The number of methoxy groups -OCH3 is 1. The lowest BCUT2D eigenvalue weighted by Crippen LogP contribution is -2.31. The monoisotopic (exact) mass is 246 g/mol. The molecule has 0 saturated carbocycles. The fourth-order valence-electron chi connectivity index (χ4n) is 2.84. The van der Waals surface area contributed by atoms with E-state index in [0.717, 1.165) is 17.8 Å². The zero-order valence-electron chi connectivity index (χ0n) is 11.8. The van der Waals surface area contributed by atoms with Crippen LogP contribution in [0.1, 0.15) is 25.1 Å². The fourth-order valence-corrected chi connectivity index (χ4v) is 2.84. The molecule has 0 aliphatic carbocycles. The first-order chi connectivity index (χ1) is 8.49. The van der Waals surface area contributed by atoms with Crippen molar-refractivity contribution in [2.24, 2.45) is 0 Å². The molecule has 2 rings (SSSR count). The molecule has 2 N–H and O–H groups in total. The van der Waals surface area contributed by atoms with Crippen molar-refractivity contribution in [3.8, 4) is 5.75 Å². The summed E-state index contributed by atoms with van der Waals surface area (Å²) >= 11 is 0. The second-order valence-corrected chi connectivity index (χ2v) is 5.45. The van der Waals surface area contributed by atoms with Crippen molar-refractivity contribution in [3.05, 3.63) is 29.5 Å². The third kappa shape index (κ3) is 2.10. The Labute approximate surface area is 109 Å². The third-order valence-corrected chi connectivity index (χ3v) is 3.49. The highest BCUT2D eigenvalue weighted by atomic mass is 16.5. The van der Waals surface area contributed by atoms with Gasteiger partial charge >= 0.3 is 0 Å². The molecule has 0 amide bonds. The number of aromatic amines is 1. The molecule has 0 radical (unpaired) electrons. The number of fused-ring (bicyclic) bond motifs is 1. The third-order valence-electron chi connectivity index (χ3n) is 3.49. The van der Waals surface area contributed by atoms with Crippen LogP contribution in [0.25, 0.3) is 10.9 Å². The molecule has 1 heterocycles. The molecular formula is C15H22N2O. The minimum absolute atomic E-state index is 0.103. The van der Waals surface area contributed by atoms with E-state index in [9.17, 15) is 0 Å². The smallest absolute Gasteiger partial charge is 0.120 e. The topological polar surface area (TPSA) is 37.0 Å². The van der Waals surface area contributed by atoms with Gasteiger partial charge in [-0.1, -0.05) is 13.8 Å². The van der Waals surface area contributed by atoms with Gasteiger partial charge in [-0.15, -0.1) is 0 Å². The number of benzene rings is 1. The molecule has 0 bridgehead atoms. The second kappa shape index (κ2) is 4.65. The molecule has 2 aromatic rings. The van der Waals surface area contributed by atoms with Crippen LogP contribution in [0.15, 0.2) is 18.2 Å². The highest BCUT2D eigenvalue weighted by Gasteiger charge is 2.25. The SMILES string of the molecule is CNCC(C)(C)c1c(C)[nH]c2cc(OC)ccc12. The summed E-state index contributed by atoms with van der Waals surface area (Å²) in [4.78, 5) is 3.46. The lowest BCUT2D eigenvalue weighted by molar-refractivity contribution is 0.415. The van der Waals surface area contributed by atoms with E-state index in [1.54, 1.807) is 7.11 Å². The Morgan fingerprint density at radius 3 is 2.67 bits per heavy atom. The molecule has 1 aromatic carbocycles. The Balaban J connectivity index is 2.61. The van der Waals surface area contributed by atoms with Crippen LogP contribution < -0.4 is 10.1 Å². The maximum absolute atomic E-state index is 5.27. The van der Waals surface area contributed by atoms with Crippen LogP contribution in [0, 0.1) is 6.92 Å². The number of rotatable bonds is 4. The van der Waals surface area contributed by atoms with E-state index in [2.05, 4.69) is 43.2 Å².